The lowest BCUT2D eigenvalue weighted by atomic mass is 9.93. The topological polar surface area (TPSA) is 29.5 Å². The van der Waals surface area contributed by atoms with E-state index in [1.807, 2.05) is 20.8 Å². The highest BCUT2D eigenvalue weighted by molar-refractivity contribution is 6.34. The molecule has 0 N–H and O–H groups in total. The van der Waals surface area contributed by atoms with Crippen LogP contribution in [0.1, 0.15) is 31.1 Å². The molecule has 0 atom stereocenters. The van der Waals surface area contributed by atoms with Crippen LogP contribution in [0.5, 0.6) is 5.75 Å². The van der Waals surface area contributed by atoms with Gasteiger partial charge in [0.15, 0.2) is 0 Å². The highest BCUT2D eigenvalue weighted by atomic mass is 16.5. The molecule has 1 aromatic carbocycles. The lowest BCUT2D eigenvalue weighted by molar-refractivity contribution is 0.0772. The Morgan fingerprint density at radius 1 is 1.29 bits per heavy atom. The molecule has 0 aliphatic rings. The average molecular weight is 231 g/mol. The van der Waals surface area contributed by atoms with Crippen LogP contribution >= 0.6 is 0 Å². The molecule has 0 aliphatic carbocycles. The first-order valence-corrected chi connectivity index (χ1v) is 5.95. The van der Waals surface area contributed by atoms with Crippen LogP contribution in [0, 0.1) is 0 Å². The van der Waals surface area contributed by atoms with E-state index in [9.17, 15) is 4.79 Å². The molecule has 0 fully saturated rings. The Kier molecular flexibility index (Phi) is 5.07. The van der Waals surface area contributed by atoms with Gasteiger partial charge in [0, 0.05) is 18.7 Å². The molecule has 4 heteroatoms. The lowest BCUT2D eigenvalue weighted by Gasteiger charge is -2.19. The van der Waals surface area contributed by atoms with E-state index in [0.29, 0.717) is 36.5 Å². The number of rotatable bonds is 5. The van der Waals surface area contributed by atoms with Gasteiger partial charge < -0.3 is 9.64 Å². The average Bonchev–Trinajstić information content (AvgIpc) is 2.33. The first kappa shape index (κ1) is 13.6. The van der Waals surface area contributed by atoms with Crippen LogP contribution < -0.4 is 10.2 Å². The van der Waals surface area contributed by atoms with Gasteiger partial charge in [-0.1, -0.05) is 11.5 Å². The van der Waals surface area contributed by atoms with E-state index in [0.717, 1.165) is 0 Å². The van der Waals surface area contributed by atoms with Crippen molar-refractivity contribution in [1.29, 1.82) is 0 Å². The SMILES string of the molecule is [B]c1ccc(C(=O)N(CC)CC)cc1OCC. The zero-order chi connectivity index (χ0) is 12.8. The van der Waals surface area contributed by atoms with E-state index in [2.05, 4.69) is 0 Å². The number of amides is 1. The first-order chi connectivity index (χ1) is 8.13. The molecule has 1 rings (SSSR count). The first-order valence-electron chi connectivity index (χ1n) is 5.95. The van der Waals surface area contributed by atoms with Gasteiger partial charge >= 0.3 is 0 Å². The van der Waals surface area contributed by atoms with E-state index >= 15 is 0 Å². The quantitative estimate of drug-likeness (QED) is 0.716. The molecule has 90 valence electrons. The van der Waals surface area contributed by atoms with Crippen molar-refractivity contribution >= 4 is 19.2 Å². The van der Waals surface area contributed by atoms with Gasteiger partial charge in [-0.15, -0.1) is 0 Å². The molecule has 0 heterocycles. The van der Waals surface area contributed by atoms with Gasteiger partial charge in [-0.2, -0.15) is 0 Å². The highest BCUT2D eigenvalue weighted by Gasteiger charge is 2.13. The monoisotopic (exact) mass is 231 g/mol. The van der Waals surface area contributed by atoms with E-state index in [4.69, 9.17) is 12.6 Å². The van der Waals surface area contributed by atoms with Crippen LogP contribution in [-0.2, 0) is 0 Å². The van der Waals surface area contributed by atoms with Gasteiger partial charge in [-0.25, -0.2) is 0 Å². The lowest BCUT2D eigenvalue weighted by Crippen LogP contribution is -2.30. The zero-order valence-corrected chi connectivity index (χ0v) is 10.7. The Labute approximate surface area is 104 Å². The zero-order valence-electron chi connectivity index (χ0n) is 10.7. The van der Waals surface area contributed by atoms with E-state index < -0.39 is 0 Å². The molecule has 1 amide bonds. The van der Waals surface area contributed by atoms with Crippen molar-refractivity contribution in [3.05, 3.63) is 23.8 Å². The largest absolute Gasteiger partial charge is 0.494 e. The minimum absolute atomic E-state index is 0.0101. The summed E-state index contributed by atoms with van der Waals surface area (Å²) in [7, 11) is 5.77. The van der Waals surface area contributed by atoms with Gasteiger partial charge in [0.1, 0.15) is 13.6 Å². The molecule has 0 aromatic heterocycles. The number of ether oxygens (including phenoxy) is 1. The number of hydrogen-bond donors (Lipinski definition) is 0. The van der Waals surface area contributed by atoms with Gasteiger partial charge in [-0.3, -0.25) is 4.79 Å². The predicted molar refractivity (Wildman–Crippen MR) is 70.3 cm³/mol. The van der Waals surface area contributed by atoms with E-state index in [1.54, 1.807) is 23.1 Å². The second-order valence-electron chi connectivity index (χ2n) is 3.66. The van der Waals surface area contributed by atoms with Crippen molar-refractivity contribution in [2.45, 2.75) is 20.8 Å². The highest BCUT2D eigenvalue weighted by Crippen LogP contribution is 2.12. The van der Waals surface area contributed by atoms with Crippen molar-refractivity contribution in [2.75, 3.05) is 19.7 Å². The Morgan fingerprint density at radius 3 is 2.47 bits per heavy atom. The molecule has 0 bridgehead atoms. The fourth-order valence-corrected chi connectivity index (χ4v) is 1.64. The van der Waals surface area contributed by atoms with Crippen LogP contribution in [0.2, 0.25) is 0 Å². The fourth-order valence-electron chi connectivity index (χ4n) is 1.64. The summed E-state index contributed by atoms with van der Waals surface area (Å²) < 4.78 is 5.38. The van der Waals surface area contributed by atoms with Crippen molar-refractivity contribution < 1.29 is 9.53 Å². The summed E-state index contributed by atoms with van der Waals surface area (Å²) in [6.45, 7) is 7.74. The summed E-state index contributed by atoms with van der Waals surface area (Å²) in [5.74, 6) is 0.585. The van der Waals surface area contributed by atoms with Gasteiger partial charge in [0.25, 0.3) is 5.91 Å². The maximum atomic E-state index is 12.1. The number of carbonyl (C=O) groups excluding carboxylic acids is 1. The second kappa shape index (κ2) is 6.33. The molecule has 0 saturated heterocycles. The molecule has 0 spiro atoms. The van der Waals surface area contributed by atoms with E-state index in [-0.39, 0.29) is 5.91 Å². The summed E-state index contributed by atoms with van der Waals surface area (Å²) in [6.07, 6.45) is 0. The Bertz CT molecular complexity index is 389. The predicted octanol–water partition coefficient (Wildman–Crippen LogP) is 1.36. The molecule has 0 saturated carbocycles. The van der Waals surface area contributed by atoms with Crippen molar-refractivity contribution in [3.63, 3.8) is 0 Å². The normalized spacial score (nSPS) is 10.1. The van der Waals surface area contributed by atoms with Crippen molar-refractivity contribution in [2.24, 2.45) is 0 Å². The molecular weight excluding hydrogens is 213 g/mol. The standard InChI is InChI=1S/C13H18BNO2/c1-4-15(5-2)13(16)10-7-8-11(14)12(9-10)17-6-3/h7-9H,4-6H2,1-3H3. The summed E-state index contributed by atoms with van der Waals surface area (Å²) in [5, 5.41) is 0. The van der Waals surface area contributed by atoms with E-state index in [1.165, 1.54) is 0 Å². The molecular formula is C13H18BNO2. The molecule has 2 radical (unpaired) electrons. The molecule has 17 heavy (non-hydrogen) atoms. The maximum Gasteiger partial charge on any atom is 0.253 e. The number of hydrogen-bond acceptors (Lipinski definition) is 2. The van der Waals surface area contributed by atoms with Crippen LogP contribution in [0.15, 0.2) is 18.2 Å². The molecule has 0 unspecified atom stereocenters. The maximum absolute atomic E-state index is 12.1. The second-order valence-corrected chi connectivity index (χ2v) is 3.66. The van der Waals surface area contributed by atoms with Crippen LogP contribution in [0.4, 0.5) is 0 Å². The Balaban J connectivity index is 2.98. The third-order valence-corrected chi connectivity index (χ3v) is 2.61. The minimum Gasteiger partial charge on any atom is -0.494 e. The summed E-state index contributed by atoms with van der Waals surface area (Å²) in [4.78, 5) is 13.9. The Morgan fingerprint density at radius 2 is 1.94 bits per heavy atom. The molecule has 3 nitrogen and oxygen atoms in total. The van der Waals surface area contributed by atoms with Crippen molar-refractivity contribution in [1.82, 2.24) is 4.90 Å². The van der Waals surface area contributed by atoms with Gasteiger partial charge in [0.05, 0.1) is 6.61 Å². The summed E-state index contributed by atoms with van der Waals surface area (Å²) >= 11 is 0. The summed E-state index contributed by atoms with van der Waals surface area (Å²) in [6, 6.07) is 5.15. The van der Waals surface area contributed by atoms with Crippen LogP contribution in [0.3, 0.4) is 0 Å². The number of benzene rings is 1. The van der Waals surface area contributed by atoms with Gasteiger partial charge in [-0.05, 0) is 32.9 Å². The fraction of sp³-hybridized carbons (Fsp3) is 0.462. The smallest absolute Gasteiger partial charge is 0.253 e. The third kappa shape index (κ3) is 3.25. The van der Waals surface area contributed by atoms with Gasteiger partial charge in [0.2, 0.25) is 0 Å². The molecule has 0 aliphatic heterocycles. The number of carbonyl (C=O) groups is 1. The molecule has 1 aromatic rings. The third-order valence-electron chi connectivity index (χ3n) is 2.61. The minimum atomic E-state index is 0.0101. The Hall–Kier alpha value is -1.45. The van der Waals surface area contributed by atoms with Crippen molar-refractivity contribution in [3.8, 4) is 5.75 Å². The van der Waals surface area contributed by atoms with Crippen LogP contribution in [0.25, 0.3) is 0 Å². The summed E-state index contributed by atoms with van der Waals surface area (Å²) in [5.41, 5.74) is 1.18. The number of nitrogens with zero attached hydrogens (tertiary/aromatic N) is 1. The van der Waals surface area contributed by atoms with Crippen LogP contribution in [-0.4, -0.2) is 38.3 Å².